The highest BCUT2D eigenvalue weighted by Gasteiger charge is 2.34. The zero-order valence-electron chi connectivity index (χ0n) is 23.4. The molecule has 0 unspecified atom stereocenters. The fourth-order valence-electron chi connectivity index (χ4n) is 4.20. The van der Waals surface area contributed by atoms with E-state index < -0.39 is 34.1 Å². The van der Waals surface area contributed by atoms with Gasteiger partial charge in [0.15, 0.2) is 0 Å². The van der Waals surface area contributed by atoms with E-state index >= 15 is 0 Å². The molecular weight excluding hydrogens is 550 g/mol. The number of nitrogens with one attached hydrogen (secondary N) is 1. The van der Waals surface area contributed by atoms with Gasteiger partial charge in [-0.05, 0) is 81.3 Å². The average Bonchev–Trinajstić information content (AvgIpc) is 2.91. The summed E-state index contributed by atoms with van der Waals surface area (Å²) in [5.74, 6) is -0.255. The summed E-state index contributed by atoms with van der Waals surface area (Å²) in [6.45, 7) is 6.95. The molecule has 0 aromatic heterocycles. The molecule has 1 N–H and O–H groups in total. The topological polar surface area (TPSA) is 96.0 Å². The third kappa shape index (κ3) is 7.99. The molecule has 0 saturated heterocycles. The normalized spacial score (nSPS) is 12.3. The van der Waals surface area contributed by atoms with E-state index in [0.717, 1.165) is 9.87 Å². The molecule has 3 rings (SSSR count). The van der Waals surface area contributed by atoms with Gasteiger partial charge >= 0.3 is 0 Å². The molecule has 0 aliphatic carbocycles. The average molecular weight is 586 g/mol. The van der Waals surface area contributed by atoms with Crippen molar-refractivity contribution in [2.75, 3.05) is 18.0 Å². The number of ether oxygens (including phenoxy) is 1. The van der Waals surface area contributed by atoms with Crippen LogP contribution in [0.5, 0.6) is 5.75 Å². The number of sulfonamides is 1. The predicted molar refractivity (Wildman–Crippen MR) is 158 cm³/mol. The quantitative estimate of drug-likeness (QED) is 0.331. The highest BCUT2D eigenvalue weighted by molar-refractivity contribution is 7.92. The van der Waals surface area contributed by atoms with Crippen molar-refractivity contribution in [1.82, 2.24) is 10.2 Å². The van der Waals surface area contributed by atoms with Gasteiger partial charge in [-0.15, -0.1) is 0 Å². The maximum atomic E-state index is 14.1. The number of nitrogens with zero attached hydrogens (tertiary/aromatic N) is 2. The van der Waals surface area contributed by atoms with Crippen molar-refractivity contribution in [3.8, 4) is 5.75 Å². The molecule has 3 aromatic rings. The number of hydrogen-bond donors (Lipinski definition) is 1. The summed E-state index contributed by atoms with van der Waals surface area (Å²) < 4.78 is 34.0. The van der Waals surface area contributed by atoms with E-state index in [2.05, 4.69) is 5.32 Å². The lowest BCUT2D eigenvalue weighted by atomic mass is 10.1. The highest BCUT2D eigenvalue weighted by atomic mass is 35.5. The molecule has 0 bridgehead atoms. The molecule has 3 aromatic carbocycles. The second-order valence-corrected chi connectivity index (χ2v) is 12.6. The van der Waals surface area contributed by atoms with Gasteiger partial charge in [-0.25, -0.2) is 8.42 Å². The van der Waals surface area contributed by atoms with E-state index in [1.165, 1.54) is 17.0 Å². The standard InChI is InChI=1S/C30H36ClN3O5S/c1-6-27(29(36)32-30(2,3)4)33(20-22-11-10-12-25(19-22)39-5)28(35)21-34(24-17-15-23(31)16-18-24)40(37,38)26-13-8-7-9-14-26/h7-19,27H,6,20-21H2,1-5H3,(H,32,36)/t27-/m1/s1. The van der Waals surface area contributed by atoms with Crippen LogP contribution in [0.15, 0.2) is 83.8 Å². The van der Waals surface area contributed by atoms with E-state index in [9.17, 15) is 18.0 Å². The Morgan fingerprint density at radius 3 is 2.20 bits per heavy atom. The summed E-state index contributed by atoms with van der Waals surface area (Å²) in [4.78, 5) is 28.9. The van der Waals surface area contributed by atoms with Gasteiger partial charge in [0.1, 0.15) is 18.3 Å². The third-order valence-corrected chi connectivity index (χ3v) is 8.14. The molecule has 10 heteroatoms. The van der Waals surface area contributed by atoms with Crippen molar-refractivity contribution in [2.24, 2.45) is 0 Å². The van der Waals surface area contributed by atoms with Gasteiger partial charge in [-0.2, -0.15) is 0 Å². The van der Waals surface area contributed by atoms with Crippen molar-refractivity contribution in [3.63, 3.8) is 0 Å². The van der Waals surface area contributed by atoms with Crippen LogP contribution in [0.25, 0.3) is 0 Å². The minimum Gasteiger partial charge on any atom is -0.497 e. The number of methoxy groups -OCH3 is 1. The molecule has 0 spiro atoms. The Bertz CT molecular complexity index is 1410. The first-order valence-electron chi connectivity index (χ1n) is 12.9. The molecular formula is C30H36ClN3O5S. The number of hydrogen-bond acceptors (Lipinski definition) is 5. The minimum absolute atomic E-state index is 0.0367. The van der Waals surface area contributed by atoms with Crippen molar-refractivity contribution in [2.45, 2.75) is 57.1 Å². The van der Waals surface area contributed by atoms with Gasteiger partial charge in [-0.1, -0.05) is 48.9 Å². The summed E-state index contributed by atoms with van der Waals surface area (Å²) in [6.07, 6.45) is 0.323. The second kappa shape index (κ2) is 13.2. The van der Waals surface area contributed by atoms with E-state index in [1.54, 1.807) is 67.8 Å². The van der Waals surface area contributed by atoms with Crippen LogP contribution >= 0.6 is 11.6 Å². The summed E-state index contributed by atoms with van der Waals surface area (Å²) in [7, 11) is -2.59. The molecule has 0 fully saturated rings. The zero-order valence-corrected chi connectivity index (χ0v) is 25.0. The van der Waals surface area contributed by atoms with E-state index in [1.807, 2.05) is 33.8 Å². The number of halogens is 1. The molecule has 40 heavy (non-hydrogen) atoms. The van der Waals surface area contributed by atoms with Crippen LogP contribution in [-0.2, 0) is 26.2 Å². The first-order valence-corrected chi connectivity index (χ1v) is 14.8. The summed E-state index contributed by atoms with van der Waals surface area (Å²) >= 11 is 6.07. The van der Waals surface area contributed by atoms with Gasteiger partial charge in [0, 0.05) is 17.1 Å². The van der Waals surface area contributed by atoms with Gasteiger partial charge in [0.05, 0.1) is 17.7 Å². The van der Waals surface area contributed by atoms with Crippen molar-refractivity contribution < 1.29 is 22.7 Å². The predicted octanol–water partition coefficient (Wildman–Crippen LogP) is 5.27. The number of amides is 2. The van der Waals surface area contributed by atoms with Crippen LogP contribution < -0.4 is 14.4 Å². The minimum atomic E-state index is -4.14. The number of carbonyl (C=O) groups is 2. The molecule has 0 aliphatic rings. The molecule has 0 saturated carbocycles. The van der Waals surface area contributed by atoms with Gasteiger partial charge < -0.3 is 15.0 Å². The summed E-state index contributed by atoms with van der Waals surface area (Å²) in [6, 6.07) is 20.5. The first-order chi connectivity index (χ1) is 18.9. The Morgan fingerprint density at radius 2 is 1.62 bits per heavy atom. The largest absolute Gasteiger partial charge is 0.497 e. The fourth-order valence-corrected chi connectivity index (χ4v) is 5.76. The second-order valence-electron chi connectivity index (χ2n) is 10.3. The Kier molecular flexibility index (Phi) is 10.2. The maximum absolute atomic E-state index is 14.1. The van der Waals surface area contributed by atoms with Gasteiger partial charge in [0.2, 0.25) is 11.8 Å². The van der Waals surface area contributed by atoms with Crippen LogP contribution in [-0.4, -0.2) is 50.4 Å². The van der Waals surface area contributed by atoms with E-state index in [-0.39, 0.29) is 23.0 Å². The first kappa shape index (κ1) is 31.0. The Labute approximate surface area is 241 Å². The molecule has 0 heterocycles. The number of rotatable bonds is 11. The Morgan fingerprint density at radius 1 is 0.975 bits per heavy atom. The molecule has 0 radical (unpaired) electrons. The molecule has 8 nitrogen and oxygen atoms in total. The van der Waals surface area contributed by atoms with Crippen molar-refractivity contribution >= 4 is 39.1 Å². The summed E-state index contributed by atoms with van der Waals surface area (Å²) in [5, 5.41) is 3.38. The monoisotopic (exact) mass is 585 g/mol. The smallest absolute Gasteiger partial charge is 0.264 e. The number of benzene rings is 3. The van der Waals surface area contributed by atoms with Crippen LogP contribution in [0.3, 0.4) is 0 Å². The molecule has 0 aliphatic heterocycles. The third-order valence-electron chi connectivity index (χ3n) is 6.10. The number of anilines is 1. The SMILES string of the molecule is CC[C@H](C(=O)NC(C)(C)C)N(Cc1cccc(OC)c1)C(=O)CN(c1ccc(Cl)cc1)S(=O)(=O)c1ccccc1. The highest BCUT2D eigenvalue weighted by Crippen LogP contribution is 2.26. The van der Waals surface area contributed by atoms with Crippen molar-refractivity contribution in [3.05, 3.63) is 89.4 Å². The van der Waals surface area contributed by atoms with E-state index in [0.29, 0.717) is 17.2 Å². The lowest BCUT2D eigenvalue weighted by molar-refractivity contribution is -0.141. The van der Waals surface area contributed by atoms with Crippen LogP contribution in [0.4, 0.5) is 5.69 Å². The van der Waals surface area contributed by atoms with Gasteiger partial charge in [-0.3, -0.25) is 13.9 Å². The maximum Gasteiger partial charge on any atom is 0.264 e. The van der Waals surface area contributed by atoms with Crippen LogP contribution in [0.1, 0.15) is 39.7 Å². The Balaban J connectivity index is 2.06. The Hall–Kier alpha value is -3.56. The molecule has 1 atom stereocenters. The van der Waals surface area contributed by atoms with Crippen LogP contribution in [0.2, 0.25) is 5.02 Å². The molecule has 214 valence electrons. The summed E-state index contributed by atoms with van der Waals surface area (Å²) in [5.41, 5.74) is 0.482. The lowest BCUT2D eigenvalue weighted by Crippen LogP contribution is -2.55. The van der Waals surface area contributed by atoms with E-state index in [4.69, 9.17) is 16.3 Å². The number of carbonyl (C=O) groups excluding carboxylic acids is 2. The zero-order chi connectivity index (χ0) is 29.5. The van der Waals surface area contributed by atoms with Gasteiger partial charge in [0.25, 0.3) is 10.0 Å². The van der Waals surface area contributed by atoms with Crippen LogP contribution in [0, 0.1) is 0 Å². The lowest BCUT2D eigenvalue weighted by Gasteiger charge is -2.34. The molecule has 2 amide bonds. The fraction of sp³-hybridized carbons (Fsp3) is 0.333. The van der Waals surface area contributed by atoms with Crippen molar-refractivity contribution in [1.29, 1.82) is 0 Å².